The van der Waals surface area contributed by atoms with Crippen molar-refractivity contribution in [3.8, 4) is 11.5 Å². The number of allylic oxidation sites excluding steroid dienone is 1. The van der Waals surface area contributed by atoms with E-state index < -0.39 is 0 Å². The number of fused-ring (bicyclic) bond motifs is 2. The van der Waals surface area contributed by atoms with Crippen molar-refractivity contribution in [2.75, 3.05) is 12.1 Å². The quantitative estimate of drug-likeness (QED) is 0.684. The Morgan fingerprint density at radius 1 is 1.13 bits per heavy atom. The first-order valence-corrected chi connectivity index (χ1v) is 11.3. The van der Waals surface area contributed by atoms with Gasteiger partial charge in [0.05, 0.1) is 11.3 Å². The zero-order chi connectivity index (χ0) is 21.5. The molecule has 1 amide bonds. The van der Waals surface area contributed by atoms with Crippen LogP contribution in [0.25, 0.3) is 0 Å². The molecule has 2 heterocycles. The minimum absolute atomic E-state index is 0.0731. The smallest absolute Gasteiger partial charge is 0.256 e. The highest BCUT2D eigenvalue weighted by molar-refractivity contribution is 6.04. The average molecular weight is 419 g/mol. The molecule has 1 fully saturated rings. The Kier molecular flexibility index (Phi) is 5.12. The summed E-state index contributed by atoms with van der Waals surface area (Å²) in [5, 5.41) is 3.52. The fraction of sp³-hybridized carbons (Fsp3) is 0.423. The van der Waals surface area contributed by atoms with Crippen LogP contribution in [-0.4, -0.2) is 17.6 Å². The van der Waals surface area contributed by atoms with Crippen molar-refractivity contribution in [3.05, 3.63) is 64.9 Å². The summed E-state index contributed by atoms with van der Waals surface area (Å²) in [6, 6.07) is 10.0. The minimum atomic E-state index is 0.0731. The fourth-order valence-corrected chi connectivity index (χ4v) is 5.00. The molecule has 2 aliphatic heterocycles. The van der Waals surface area contributed by atoms with Gasteiger partial charge in [-0.25, -0.2) is 0 Å². The van der Waals surface area contributed by atoms with Gasteiger partial charge in [0.25, 0.3) is 5.91 Å². The summed E-state index contributed by atoms with van der Waals surface area (Å²) in [4.78, 5) is 15.3. The number of aryl methyl sites for hydroxylation is 1. The highest BCUT2D eigenvalue weighted by Gasteiger charge is 2.32. The van der Waals surface area contributed by atoms with Crippen LogP contribution in [-0.2, 0) is 13.1 Å². The van der Waals surface area contributed by atoms with Gasteiger partial charge in [0, 0.05) is 18.8 Å². The summed E-state index contributed by atoms with van der Waals surface area (Å²) in [5.41, 5.74) is 6.03. The molecule has 2 aromatic rings. The average Bonchev–Trinajstić information content (AvgIpc) is 3.36. The number of ether oxygens (including phenoxy) is 2. The maximum atomic E-state index is 13.4. The van der Waals surface area contributed by atoms with Gasteiger partial charge in [-0.05, 0) is 66.5 Å². The van der Waals surface area contributed by atoms with Gasteiger partial charge in [-0.3, -0.25) is 4.79 Å². The van der Waals surface area contributed by atoms with Gasteiger partial charge in [-0.1, -0.05) is 38.5 Å². The summed E-state index contributed by atoms with van der Waals surface area (Å²) < 4.78 is 10.9. The lowest BCUT2D eigenvalue weighted by atomic mass is 9.81. The molecule has 3 aliphatic rings. The van der Waals surface area contributed by atoms with E-state index in [9.17, 15) is 4.79 Å². The van der Waals surface area contributed by atoms with Gasteiger partial charge in [-0.2, -0.15) is 0 Å². The molecule has 2 aromatic carbocycles. The van der Waals surface area contributed by atoms with Crippen LogP contribution in [0, 0.1) is 18.8 Å². The molecule has 0 radical (unpaired) electrons. The fourth-order valence-electron chi connectivity index (χ4n) is 5.00. The van der Waals surface area contributed by atoms with E-state index >= 15 is 0 Å². The van der Waals surface area contributed by atoms with Crippen LogP contribution in [0.5, 0.6) is 11.5 Å². The van der Waals surface area contributed by atoms with Gasteiger partial charge in [-0.15, -0.1) is 0 Å². The van der Waals surface area contributed by atoms with E-state index in [1.165, 1.54) is 25.7 Å². The van der Waals surface area contributed by atoms with Crippen LogP contribution in [0.3, 0.4) is 0 Å². The maximum Gasteiger partial charge on any atom is 0.256 e. The van der Waals surface area contributed by atoms with Gasteiger partial charge in [0.15, 0.2) is 11.5 Å². The molecule has 1 N–H and O–H groups in total. The monoisotopic (exact) mass is 418 g/mol. The third kappa shape index (κ3) is 3.78. The highest BCUT2D eigenvalue weighted by Crippen LogP contribution is 2.38. The SMILES string of the molecule is C=C(Nc1ccc(C)c2c1C(=O)N(Cc1ccc3c(c1)OCO3)C2)C1CCC(C)CC1. The third-order valence-electron chi connectivity index (χ3n) is 7.01. The first-order valence-electron chi connectivity index (χ1n) is 11.3. The van der Waals surface area contributed by atoms with E-state index in [0.29, 0.717) is 19.0 Å². The molecule has 0 atom stereocenters. The number of rotatable bonds is 5. The first kappa shape index (κ1) is 20.0. The predicted octanol–water partition coefficient (Wildman–Crippen LogP) is 5.63. The minimum Gasteiger partial charge on any atom is -0.454 e. The molecule has 1 aliphatic carbocycles. The molecule has 162 valence electrons. The number of amides is 1. The Morgan fingerprint density at radius 3 is 2.71 bits per heavy atom. The second kappa shape index (κ2) is 7.95. The largest absolute Gasteiger partial charge is 0.454 e. The topological polar surface area (TPSA) is 50.8 Å². The van der Waals surface area contributed by atoms with Crippen molar-refractivity contribution in [3.63, 3.8) is 0 Å². The Bertz CT molecular complexity index is 1040. The van der Waals surface area contributed by atoms with E-state index in [-0.39, 0.29) is 12.7 Å². The van der Waals surface area contributed by atoms with Crippen LogP contribution in [0.1, 0.15) is 59.7 Å². The maximum absolute atomic E-state index is 13.4. The summed E-state index contributed by atoms with van der Waals surface area (Å²) in [6.07, 6.45) is 4.84. The Balaban J connectivity index is 1.34. The van der Waals surface area contributed by atoms with Crippen molar-refractivity contribution >= 4 is 11.6 Å². The Hall–Kier alpha value is -2.95. The molecule has 1 saturated carbocycles. The lowest BCUT2D eigenvalue weighted by molar-refractivity contribution is 0.0767. The Morgan fingerprint density at radius 2 is 1.90 bits per heavy atom. The van der Waals surface area contributed by atoms with Gasteiger partial charge in [0.1, 0.15) is 0 Å². The van der Waals surface area contributed by atoms with Crippen LogP contribution in [0.4, 0.5) is 5.69 Å². The van der Waals surface area contributed by atoms with Gasteiger partial charge < -0.3 is 19.7 Å². The van der Waals surface area contributed by atoms with Crippen LogP contribution in [0.2, 0.25) is 0 Å². The Labute approximate surface area is 184 Å². The number of hydrogen-bond donors (Lipinski definition) is 1. The van der Waals surface area contributed by atoms with E-state index in [0.717, 1.165) is 51.1 Å². The summed E-state index contributed by atoms with van der Waals surface area (Å²) >= 11 is 0. The second-order valence-electron chi connectivity index (χ2n) is 9.24. The normalized spacial score (nSPS) is 21.9. The van der Waals surface area contributed by atoms with Crippen LogP contribution >= 0.6 is 0 Å². The molecular weight excluding hydrogens is 388 g/mol. The number of anilines is 1. The van der Waals surface area contributed by atoms with Crippen molar-refractivity contribution in [1.82, 2.24) is 4.90 Å². The lowest BCUT2D eigenvalue weighted by Crippen LogP contribution is -2.24. The molecule has 0 unspecified atom stereocenters. The number of benzene rings is 2. The zero-order valence-electron chi connectivity index (χ0n) is 18.4. The second-order valence-corrected chi connectivity index (χ2v) is 9.24. The molecule has 5 rings (SSSR count). The van der Waals surface area contributed by atoms with Crippen molar-refractivity contribution in [1.29, 1.82) is 0 Å². The number of hydrogen-bond acceptors (Lipinski definition) is 4. The van der Waals surface area contributed by atoms with E-state index in [4.69, 9.17) is 9.47 Å². The van der Waals surface area contributed by atoms with Crippen molar-refractivity contribution in [2.45, 2.75) is 52.6 Å². The van der Waals surface area contributed by atoms with Crippen molar-refractivity contribution < 1.29 is 14.3 Å². The van der Waals surface area contributed by atoms with E-state index in [2.05, 4.69) is 31.8 Å². The van der Waals surface area contributed by atoms with Crippen molar-refractivity contribution in [2.24, 2.45) is 11.8 Å². The van der Waals surface area contributed by atoms with Crippen LogP contribution < -0.4 is 14.8 Å². The van der Waals surface area contributed by atoms with Crippen LogP contribution in [0.15, 0.2) is 42.6 Å². The molecule has 0 spiro atoms. The molecule has 31 heavy (non-hydrogen) atoms. The summed E-state index contributed by atoms with van der Waals surface area (Å²) in [5.74, 6) is 2.87. The standard InChI is InChI=1S/C26H30N2O3/c1-16-4-8-20(9-5-16)18(3)27-22-10-6-17(2)21-14-28(26(29)25(21)22)13-19-7-11-23-24(12-19)31-15-30-23/h6-7,10-12,16,20,27H,3-5,8-9,13-15H2,1-2H3. The predicted molar refractivity (Wildman–Crippen MR) is 121 cm³/mol. The van der Waals surface area contributed by atoms with Gasteiger partial charge >= 0.3 is 0 Å². The zero-order valence-corrected chi connectivity index (χ0v) is 18.4. The molecule has 5 nitrogen and oxygen atoms in total. The number of nitrogens with one attached hydrogen (secondary N) is 1. The molecular formula is C26H30N2O3. The molecule has 0 aromatic heterocycles. The lowest BCUT2D eigenvalue weighted by Gasteiger charge is -2.28. The highest BCUT2D eigenvalue weighted by atomic mass is 16.7. The number of nitrogens with zero attached hydrogens (tertiary/aromatic N) is 1. The first-order chi connectivity index (χ1) is 15.0. The third-order valence-corrected chi connectivity index (χ3v) is 7.01. The van der Waals surface area contributed by atoms with E-state index in [1.54, 1.807) is 0 Å². The molecule has 0 saturated heterocycles. The summed E-state index contributed by atoms with van der Waals surface area (Å²) in [6.45, 7) is 10.2. The number of carbonyl (C=O) groups excluding carboxylic acids is 1. The number of carbonyl (C=O) groups is 1. The molecule has 0 bridgehead atoms. The summed E-state index contributed by atoms with van der Waals surface area (Å²) in [7, 11) is 0. The molecule has 5 heteroatoms. The van der Waals surface area contributed by atoms with Gasteiger partial charge in [0.2, 0.25) is 6.79 Å². The van der Waals surface area contributed by atoms with E-state index in [1.807, 2.05) is 29.2 Å².